The molecule has 1 aromatic heterocycles. The van der Waals surface area contributed by atoms with Gasteiger partial charge < -0.3 is 9.15 Å². The van der Waals surface area contributed by atoms with Crippen molar-refractivity contribution in [3.8, 4) is 0 Å². The lowest BCUT2D eigenvalue weighted by Crippen LogP contribution is -2.04. The summed E-state index contributed by atoms with van der Waals surface area (Å²) in [4.78, 5) is 12.0. The highest BCUT2D eigenvalue weighted by atomic mass is 35.5. The Morgan fingerprint density at radius 2 is 1.96 bits per heavy atom. The third-order valence-electron chi connectivity index (χ3n) is 3.74. The summed E-state index contributed by atoms with van der Waals surface area (Å²) in [6.45, 7) is 6.07. The van der Waals surface area contributed by atoms with Crippen molar-refractivity contribution >= 4 is 23.1 Å². The summed E-state index contributed by atoms with van der Waals surface area (Å²) < 4.78 is 10.9. The number of rotatable bonds is 7. The summed E-state index contributed by atoms with van der Waals surface area (Å²) in [7, 11) is 0. The molecule has 3 nitrogen and oxygen atoms in total. The molecule has 0 saturated carbocycles. The Hall–Kier alpha value is -2.00. The minimum absolute atomic E-state index is 0.342. The molecule has 0 aliphatic rings. The van der Waals surface area contributed by atoms with E-state index in [-0.39, 0.29) is 5.97 Å². The maximum absolute atomic E-state index is 12.0. The van der Waals surface area contributed by atoms with Crippen LogP contribution in [-0.2, 0) is 4.74 Å². The summed E-state index contributed by atoms with van der Waals surface area (Å²) in [5.41, 5.74) is 2.46. The van der Waals surface area contributed by atoms with E-state index in [9.17, 15) is 4.79 Å². The van der Waals surface area contributed by atoms with Gasteiger partial charge in [0.2, 0.25) is 0 Å². The lowest BCUT2D eigenvalue weighted by atomic mass is 10.0. The van der Waals surface area contributed by atoms with E-state index in [0.717, 1.165) is 30.4 Å². The van der Waals surface area contributed by atoms with E-state index in [1.807, 2.05) is 24.3 Å². The lowest BCUT2D eigenvalue weighted by Gasteiger charge is -2.06. The number of allylic oxidation sites excluding steroid dienone is 1. The third kappa shape index (κ3) is 4.51. The highest BCUT2D eigenvalue weighted by Crippen LogP contribution is 2.29. The van der Waals surface area contributed by atoms with Gasteiger partial charge in [-0.1, -0.05) is 49.6 Å². The van der Waals surface area contributed by atoms with Gasteiger partial charge in [-0.25, -0.2) is 4.79 Å². The SMILES string of the molecule is CCCC/C=C(/c1ccc(Cl)cc1)c1cc(C(=O)OCC)c(C)o1. The number of esters is 1. The molecule has 0 atom stereocenters. The van der Waals surface area contributed by atoms with Crippen LogP contribution >= 0.6 is 11.6 Å². The van der Waals surface area contributed by atoms with Gasteiger partial charge in [0.05, 0.1) is 6.61 Å². The van der Waals surface area contributed by atoms with Crippen molar-refractivity contribution in [3.05, 3.63) is 64.1 Å². The van der Waals surface area contributed by atoms with Gasteiger partial charge in [-0.05, 0) is 44.0 Å². The Morgan fingerprint density at radius 3 is 2.58 bits per heavy atom. The van der Waals surface area contributed by atoms with Crippen molar-refractivity contribution in [2.75, 3.05) is 6.61 Å². The molecule has 0 fully saturated rings. The van der Waals surface area contributed by atoms with Crippen LogP contribution in [0.5, 0.6) is 0 Å². The van der Waals surface area contributed by atoms with E-state index in [1.165, 1.54) is 0 Å². The maximum atomic E-state index is 12.0. The molecule has 0 radical (unpaired) electrons. The van der Waals surface area contributed by atoms with Crippen molar-refractivity contribution in [3.63, 3.8) is 0 Å². The molecule has 128 valence electrons. The Labute approximate surface area is 148 Å². The molecule has 2 rings (SSSR count). The fourth-order valence-corrected chi connectivity index (χ4v) is 2.59. The van der Waals surface area contributed by atoms with Gasteiger partial charge >= 0.3 is 5.97 Å². The van der Waals surface area contributed by atoms with Crippen LogP contribution in [0, 0.1) is 6.92 Å². The normalized spacial score (nSPS) is 11.6. The predicted molar refractivity (Wildman–Crippen MR) is 97.5 cm³/mol. The van der Waals surface area contributed by atoms with Gasteiger partial charge in [-0.15, -0.1) is 0 Å². The number of benzene rings is 1. The van der Waals surface area contributed by atoms with Crippen molar-refractivity contribution in [1.82, 2.24) is 0 Å². The van der Waals surface area contributed by atoms with E-state index < -0.39 is 0 Å². The zero-order chi connectivity index (χ0) is 17.5. The van der Waals surface area contributed by atoms with Crippen molar-refractivity contribution in [2.24, 2.45) is 0 Å². The van der Waals surface area contributed by atoms with Crippen molar-refractivity contribution in [1.29, 1.82) is 0 Å². The second-order valence-electron chi connectivity index (χ2n) is 5.57. The van der Waals surface area contributed by atoms with Crippen molar-refractivity contribution < 1.29 is 13.9 Å². The minimum Gasteiger partial charge on any atom is -0.462 e. The maximum Gasteiger partial charge on any atom is 0.341 e. The first-order chi connectivity index (χ1) is 11.6. The molecule has 0 N–H and O–H groups in total. The molecular formula is C20H23ClO3. The highest BCUT2D eigenvalue weighted by molar-refractivity contribution is 6.30. The number of aryl methyl sites for hydroxylation is 1. The number of carbonyl (C=O) groups excluding carboxylic acids is 1. The average Bonchev–Trinajstić information content (AvgIpc) is 2.95. The molecule has 0 amide bonds. The van der Waals surface area contributed by atoms with E-state index >= 15 is 0 Å². The van der Waals surface area contributed by atoms with Gasteiger partial charge in [-0.2, -0.15) is 0 Å². The summed E-state index contributed by atoms with van der Waals surface area (Å²) in [6, 6.07) is 9.39. The molecule has 1 aromatic carbocycles. The molecule has 24 heavy (non-hydrogen) atoms. The first-order valence-corrected chi connectivity index (χ1v) is 8.68. The average molecular weight is 347 g/mol. The van der Waals surface area contributed by atoms with E-state index in [0.29, 0.717) is 28.7 Å². The minimum atomic E-state index is -0.353. The van der Waals surface area contributed by atoms with E-state index in [4.69, 9.17) is 20.8 Å². The molecule has 4 heteroatoms. The van der Waals surface area contributed by atoms with Gasteiger partial charge in [0, 0.05) is 10.6 Å². The zero-order valence-electron chi connectivity index (χ0n) is 14.4. The number of furan rings is 1. The molecule has 2 aromatic rings. The number of unbranched alkanes of at least 4 members (excludes halogenated alkanes) is 2. The Kier molecular flexibility index (Phi) is 6.68. The van der Waals surface area contributed by atoms with Crippen LogP contribution < -0.4 is 0 Å². The summed E-state index contributed by atoms with van der Waals surface area (Å²) >= 11 is 5.99. The first-order valence-electron chi connectivity index (χ1n) is 8.30. The van der Waals surface area contributed by atoms with Crippen molar-refractivity contribution in [2.45, 2.75) is 40.0 Å². The second-order valence-corrected chi connectivity index (χ2v) is 6.00. The monoisotopic (exact) mass is 346 g/mol. The van der Waals surface area contributed by atoms with Crippen LogP contribution in [-0.4, -0.2) is 12.6 Å². The fourth-order valence-electron chi connectivity index (χ4n) is 2.47. The second kappa shape index (κ2) is 8.74. The van der Waals surface area contributed by atoms with Gasteiger partial charge in [-0.3, -0.25) is 0 Å². The number of hydrogen-bond acceptors (Lipinski definition) is 3. The predicted octanol–water partition coefficient (Wildman–Crippen LogP) is 6.04. The Balaban J connectivity index is 2.40. The standard InChI is InChI=1S/C20H23ClO3/c1-4-6-7-8-17(15-9-11-16(21)12-10-15)19-13-18(14(3)24-19)20(22)23-5-2/h8-13H,4-7H2,1-3H3/b17-8-. The molecular weight excluding hydrogens is 324 g/mol. The van der Waals surface area contributed by atoms with Crippen LogP contribution in [0.4, 0.5) is 0 Å². The van der Waals surface area contributed by atoms with Gasteiger partial charge in [0.1, 0.15) is 17.1 Å². The molecule has 0 unspecified atom stereocenters. The molecule has 0 bridgehead atoms. The summed E-state index contributed by atoms with van der Waals surface area (Å²) in [5, 5.41) is 0.689. The van der Waals surface area contributed by atoms with Crippen LogP contribution in [0.3, 0.4) is 0 Å². The number of halogens is 1. The molecule has 1 heterocycles. The highest BCUT2D eigenvalue weighted by Gasteiger charge is 2.18. The van der Waals surface area contributed by atoms with E-state index in [2.05, 4.69) is 13.0 Å². The molecule has 0 aliphatic carbocycles. The largest absolute Gasteiger partial charge is 0.462 e. The lowest BCUT2D eigenvalue weighted by molar-refractivity contribution is 0.0524. The fraction of sp³-hybridized carbons (Fsp3) is 0.350. The summed E-state index contributed by atoms with van der Waals surface area (Å²) in [5.74, 6) is 0.891. The molecule has 0 spiro atoms. The first kappa shape index (κ1) is 18.3. The molecule has 0 saturated heterocycles. The number of carbonyl (C=O) groups is 1. The van der Waals surface area contributed by atoms with Crippen LogP contribution in [0.15, 0.2) is 40.8 Å². The molecule has 0 aliphatic heterocycles. The summed E-state index contributed by atoms with van der Waals surface area (Å²) in [6.07, 6.45) is 5.32. The smallest absolute Gasteiger partial charge is 0.341 e. The zero-order valence-corrected chi connectivity index (χ0v) is 15.2. The number of hydrogen-bond donors (Lipinski definition) is 0. The Morgan fingerprint density at radius 1 is 1.25 bits per heavy atom. The third-order valence-corrected chi connectivity index (χ3v) is 3.99. The Bertz CT molecular complexity index is 711. The van der Waals surface area contributed by atoms with Gasteiger partial charge in [0.15, 0.2) is 0 Å². The van der Waals surface area contributed by atoms with Crippen LogP contribution in [0.2, 0.25) is 5.02 Å². The number of ether oxygens (including phenoxy) is 1. The van der Waals surface area contributed by atoms with Crippen LogP contribution in [0.1, 0.15) is 60.6 Å². The van der Waals surface area contributed by atoms with Crippen LogP contribution in [0.25, 0.3) is 5.57 Å². The van der Waals surface area contributed by atoms with Gasteiger partial charge in [0.25, 0.3) is 0 Å². The quantitative estimate of drug-likeness (QED) is 0.453. The van der Waals surface area contributed by atoms with E-state index in [1.54, 1.807) is 19.9 Å². The topological polar surface area (TPSA) is 39.4 Å².